The van der Waals surface area contributed by atoms with Crippen LogP contribution in [-0.4, -0.2) is 49.4 Å². The van der Waals surface area contributed by atoms with E-state index < -0.39 is 0 Å². The third kappa shape index (κ3) is 1.50. The number of hydrogen-bond donors (Lipinski definition) is 0. The molecular weight excluding hydrogens is 236 g/mol. The molecule has 0 aromatic heterocycles. The van der Waals surface area contributed by atoms with Crippen molar-refractivity contribution in [3.05, 3.63) is 0 Å². The van der Waals surface area contributed by atoms with Crippen LogP contribution in [0, 0.1) is 17.3 Å². The van der Waals surface area contributed by atoms with Crippen LogP contribution in [0.3, 0.4) is 0 Å². The fourth-order valence-corrected chi connectivity index (χ4v) is 5.87. The van der Waals surface area contributed by atoms with Crippen molar-refractivity contribution in [2.75, 3.05) is 27.3 Å². The van der Waals surface area contributed by atoms with E-state index in [2.05, 4.69) is 24.1 Å². The van der Waals surface area contributed by atoms with Crippen LogP contribution in [0.5, 0.6) is 0 Å². The zero-order valence-electron chi connectivity index (χ0n) is 12.5. The highest BCUT2D eigenvalue weighted by Crippen LogP contribution is 2.69. The molecule has 0 aromatic carbocycles. The Kier molecular flexibility index (Phi) is 2.95. The lowest BCUT2D eigenvalue weighted by Crippen LogP contribution is -2.86. The Balaban J connectivity index is 1.59. The quantitative estimate of drug-likeness (QED) is 0.724. The lowest BCUT2D eigenvalue weighted by Gasteiger charge is -2.76. The third-order valence-corrected chi connectivity index (χ3v) is 6.53. The van der Waals surface area contributed by atoms with Gasteiger partial charge < -0.3 is 4.74 Å². The molecule has 2 aliphatic carbocycles. The highest BCUT2D eigenvalue weighted by molar-refractivity contribution is 5.26. The molecule has 2 saturated carbocycles. The van der Waals surface area contributed by atoms with Gasteiger partial charge in [0.25, 0.3) is 0 Å². The molecule has 0 N–H and O–H groups in total. The molecule has 4 aliphatic rings. The summed E-state index contributed by atoms with van der Waals surface area (Å²) in [6.07, 6.45) is 10.3. The summed E-state index contributed by atoms with van der Waals surface area (Å²) in [5.41, 5.74) is 0.555. The summed E-state index contributed by atoms with van der Waals surface area (Å²) in [7, 11) is 4.43. The van der Waals surface area contributed by atoms with E-state index in [4.69, 9.17) is 4.74 Å². The van der Waals surface area contributed by atoms with E-state index in [9.17, 15) is 0 Å². The van der Waals surface area contributed by atoms with Crippen LogP contribution >= 0.6 is 0 Å². The first-order valence-corrected chi connectivity index (χ1v) is 8.30. The van der Waals surface area contributed by atoms with E-state index in [-0.39, 0.29) is 0 Å². The molecule has 3 heteroatoms. The third-order valence-electron chi connectivity index (χ3n) is 6.53. The molecule has 3 nitrogen and oxygen atoms in total. The number of rotatable bonds is 1. The Bertz CT molecular complexity index is 359. The second-order valence-electron chi connectivity index (χ2n) is 7.43. The van der Waals surface area contributed by atoms with Gasteiger partial charge in [-0.2, -0.15) is 0 Å². The molecule has 5 atom stereocenters. The van der Waals surface area contributed by atoms with Gasteiger partial charge in [0.1, 0.15) is 0 Å². The SMILES string of the molecule is CN(C)N1C2COCC23C2CCCCCCCC2C13. The highest BCUT2D eigenvalue weighted by Gasteiger charge is 2.77. The first-order chi connectivity index (χ1) is 9.27. The molecule has 2 heterocycles. The maximum Gasteiger partial charge on any atom is 0.0643 e. The van der Waals surface area contributed by atoms with Crippen molar-refractivity contribution in [1.29, 1.82) is 0 Å². The van der Waals surface area contributed by atoms with Crippen molar-refractivity contribution in [1.82, 2.24) is 10.0 Å². The normalized spacial score (nSPS) is 50.1. The smallest absolute Gasteiger partial charge is 0.0643 e. The summed E-state index contributed by atoms with van der Waals surface area (Å²) in [4.78, 5) is 0. The summed E-state index contributed by atoms with van der Waals surface area (Å²) in [6.45, 7) is 2.02. The van der Waals surface area contributed by atoms with Crippen LogP contribution in [0.4, 0.5) is 0 Å². The van der Waals surface area contributed by atoms with Crippen molar-refractivity contribution in [3.8, 4) is 0 Å². The molecule has 0 radical (unpaired) electrons. The molecule has 19 heavy (non-hydrogen) atoms. The van der Waals surface area contributed by atoms with Crippen LogP contribution in [0.15, 0.2) is 0 Å². The van der Waals surface area contributed by atoms with Gasteiger partial charge in [0.15, 0.2) is 0 Å². The zero-order chi connectivity index (χ0) is 13.0. The molecule has 0 amide bonds. The van der Waals surface area contributed by atoms with Gasteiger partial charge in [-0.05, 0) is 24.7 Å². The number of fused-ring (bicyclic) bond motifs is 2. The standard InChI is InChI=1S/C16H28N2O/c1-17(2)18-14-10-19-11-16(14)13-9-7-5-3-4-6-8-12(13)15(16)18/h12-15H,3-11H2,1-2H3. The number of hydrazine groups is 1. The topological polar surface area (TPSA) is 15.7 Å². The van der Waals surface area contributed by atoms with E-state index in [0.717, 1.165) is 31.1 Å². The minimum Gasteiger partial charge on any atom is -0.379 e. The average molecular weight is 264 g/mol. The van der Waals surface area contributed by atoms with Crippen LogP contribution in [0.2, 0.25) is 0 Å². The Morgan fingerprint density at radius 1 is 1.05 bits per heavy atom. The lowest BCUT2D eigenvalue weighted by molar-refractivity contribution is -0.327. The minimum atomic E-state index is 0.555. The summed E-state index contributed by atoms with van der Waals surface area (Å²) in [5, 5.41) is 4.98. The monoisotopic (exact) mass is 264 g/mol. The first-order valence-electron chi connectivity index (χ1n) is 8.30. The fraction of sp³-hybridized carbons (Fsp3) is 1.00. The van der Waals surface area contributed by atoms with Gasteiger partial charge in [-0.3, -0.25) is 0 Å². The fourth-order valence-electron chi connectivity index (χ4n) is 5.87. The van der Waals surface area contributed by atoms with E-state index >= 15 is 0 Å². The number of ether oxygens (including phenoxy) is 1. The Labute approximate surface area is 117 Å². The van der Waals surface area contributed by atoms with E-state index in [1.165, 1.54) is 44.9 Å². The van der Waals surface area contributed by atoms with Crippen molar-refractivity contribution in [3.63, 3.8) is 0 Å². The molecule has 108 valence electrons. The second-order valence-corrected chi connectivity index (χ2v) is 7.43. The van der Waals surface area contributed by atoms with Gasteiger partial charge in [-0.1, -0.05) is 32.1 Å². The summed E-state index contributed by atoms with van der Waals surface area (Å²) in [6, 6.07) is 1.49. The molecule has 5 unspecified atom stereocenters. The van der Waals surface area contributed by atoms with Gasteiger partial charge in [-0.25, -0.2) is 10.0 Å². The van der Waals surface area contributed by atoms with Crippen molar-refractivity contribution >= 4 is 0 Å². The lowest BCUT2D eigenvalue weighted by atomic mass is 9.41. The van der Waals surface area contributed by atoms with Gasteiger partial charge >= 0.3 is 0 Å². The second kappa shape index (κ2) is 4.44. The molecule has 4 fully saturated rings. The maximum absolute atomic E-state index is 5.92. The minimum absolute atomic E-state index is 0.555. The van der Waals surface area contributed by atoms with Crippen LogP contribution in [0.25, 0.3) is 0 Å². The van der Waals surface area contributed by atoms with Crippen LogP contribution in [-0.2, 0) is 4.74 Å². The highest BCUT2D eigenvalue weighted by atomic mass is 16.5. The van der Waals surface area contributed by atoms with E-state index in [1.807, 2.05) is 0 Å². The average Bonchev–Trinajstić information content (AvgIpc) is 2.78. The van der Waals surface area contributed by atoms with E-state index in [0.29, 0.717) is 11.5 Å². The van der Waals surface area contributed by atoms with Crippen molar-refractivity contribution in [2.24, 2.45) is 17.3 Å². The van der Waals surface area contributed by atoms with Crippen molar-refractivity contribution in [2.45, 2.75) is 57.0 Å². The maximum atomic E-state index is 5.92. The largest absolute Gasteiger partial charge is 0.379 e. The molecule has 2 aliphatic heterocycles. The summed E-state index contributed by atoms with van der Waals surface area (Å²) in [5.74, 6) is 1.93. The number of nitrogens with zero attached hydrogens (tertiary/aromatic N) is 2. The molecule has 0 bridgehead atoms. The Morgan fingerprint density at radius 2 is 1.79 bits per heavy atom. The molecule has 1 spiro atoms. The summed E-state index contributed by atoms with van der Waals surface area (Å²) >= 11 is 0. The predicted octanol–water partition coefficient (Wildman–Crippen LogP) is 2.52. The molecule has 4 rings (SSSR count). The van der Waals surface area contributed by atoms with Crippen LogP contribution in [0.1, 0.15) is 44.9 Å². The van der Waals surface area contributed by atoms with Gasteiger partial charge in [0.2, 0.25) is 0 Å². The molecule has 2 saturated heterocycles. The van der Waals surface area contributed by atoms with E-state index in [1.54, 1.807) is 0 Å². The van der Waals surface area contributed by atoms with Crippen LogP contribution < -0.4 is 0 Å². The Morgan fingerprint density at radius 3 is 2.58 bits per heavy atom. The predicted molar refractivity (Wildman–Crippen MR) is 75.7 cm³/mol. The zero-order valence-corrected chi connectivity index (χ0v) is 12.5. The number of hydrogen-bond acceptors (Lipinski definition) is 3. The Hall–Kier alpha value is -0.120. The van der Waals surface area contributed by atoms with Gasteiger partial charge in [0.05, 0.1) is 19.3 Å². The van der Waals surface area contributed by atoms with Gasteiger partial charge in [-0.15, -0.1) is 0 Å². The molecule has 0 aromatic rings. The van der Waals surface area contributed by atoms with Gasteiger partial charge in [0, 0.05) is 25.6 Å². The van der Waals surface area contributed by atoms with Crippen molar-refractivity contribution < 1.29 is 4.74 Å². The first kappa shape index (κ1) is 12.6. The molecular formula is C16H28N2O. The summed E-state index contributed by atoms with van der Waals surface area (Å²) < 4.78 is 5.92. The number of piperidine rings is 1.